The van der Waals surface area contributed by atoms with Gasteiger partial charge in [0.1, 0.15) is 11.5 Å². The monoisotopic (exact) mass is 585 g/mol. The van der Waals surface area contributed by atoms with Crippen LogP contribution in [0.15, 0.2) is 164 Å². The third kappa shape index (κ3) is 3.71. The van der Waals surface area contributed by atoms with Crippen LogP contribution in [0.4, 0.5) is 0 Å². The third-order valence-corrected chi connectivity index (χ3v) is 9.55. The zero-order valence-corrected chi connectivity index (χ0v) is 24.9. The molecule has 9 aromatic rings. The summed E-state index contributed by atoms with van der Waals surface area (Å²) in [6.45, 7) is 0. The molecular weight excluding hydrogens is 558 g/mol. The first-order valence-electron chi connectivity index (χ1n) is 15.8. The van der Waals surface area contributed by atoms with E-state index in [0.29, 0.717) is 0 Å². The number of rotatable bonds is 3. The minimum Gasteiger partial charge on any atom is -0.456 e. The number of hydrogen-bond donors (Lipinski definition) is 0. The Hall–Kier alpha value is -6.12. The number of para-hydroxylation sites is 1. The second-order valence-electron chi connectivity index (χ2n) is 12.1. The molecule has 8 aromatic carbocycles. The summed E-state index contributed by atoms with van der Waals surface area (Å²) in [5.41, 5.74) is 10.7. The standard InChI is InChI=1S/C44H27NO/c1-2-16-35-28(9-1)21-23-38-36-17-3-4-19-40(36)45(44(35)38)34-15-6-14-32(26-34)30-12-5-13-31(25-30)33-22-24-41-39(27-33)37-18-7-10-29-11-8-20-42(46-41)43(29)37/h1-27H. The van der Waals surface area contributed by atoms with Crippen LogP contribution >= 0.6 is 0 Å². The van der Waals surface area contributed by atoms with Gasteiger partial charge >= 0.3 is 0 Å². The molecular formula is C44H27NO. The highest BCUT2D eigenvalue weighted by atomic mass is 16.5. The molecule has 0 radical (unpaired) electrons. The van der Waals surface area contributed by atoms with Crippen molar-refractivity contribution in [1.82, 2.24) is 4.57 Å². The quantitative estimate of drug-likeness (QED) is 0.201. The van der Waals surface area contributed by atoms with Gasteiger partial charge in [-0.2, -0.15) is 0 Å². The minimum absolute atomic E-state index is 0.900. The lowest BCUT2D eigenvalue weighted by Crippen LogP contribution is -1.97. The Kier molecular flexibility index (Phi) is 5.31. The summed E-state index contributed by atoms with van der Waals surface area (Å²) in [5.74, 6) is 1.82. The number of fused-ring (bicyclic) bond motifs is 7. The van der Waals surface area contributed by atoms with E-state index in [-0.39, 0.29) is 0 Å². The number of hydrogen-bond acceptors (Lipinski definition) is 1. The maximum atomic E-state index is 6.37. The Bertz CT molecular complexity index is 2670. The van der Waals surface area contributed by atoms with Crippen LogP contribution in [0.5, 0.6) is 11.5 Å². The maximum Gasteiger partial charge on any atom is 0.135 e. The normalized spacial score (nSPS) is 12.1. The minimum atomic E-state index is 0.900. The Morgan fingerprint density at radius 3 is 1.98 bits per heavy atom. The molecule has 0 aliphatic carbocycles. The van der Waals surface area contributed by atoms with Crippen molar-refractivity contribution in [3.05, 3.63) is 164 Å². The van der Waals surface area contributed by atoms with Crippen molar-refractivity contribution in [2.45, 2.75) is 0 Å². The zero-order chi connectivity index (χ0) is 30.2. The molecule has 1 aliphatic rings. The largest absolute Gasteiger partial charge is 0.456 e. The number of benzene rings is 8. The van der Waals surface area contributed by atoms with Gasteiger partial charge in [0.25, 0.3) is 0 Å². The fraction of sp³-hybridized carbons (Fsp3) is 0. The molecule has 0 spiro atoms. The Morgan fingerprint density at radius 2 is 1.09 bits per heavy atom. The lowest BCUT2D eigenvalue weighted by Gasteiger charge is -2.22. The van der Waals surface area contributed by atoms with Gasteiger partial charge in [0.2, 0.25) is 0 Å². The van der Waals surface area contributed by atoms with Crippen LogP contribution in [0.2, 0.25) is 0 Å². The molecule has 10 rings (SSSR count). The first-order valence-corrected chi connectivity index (χ1v) is 15.8. The van der Waals surface area contributed by atoms with E-state index in [9.17, 15) is 0 Å². The summed E-state index contributed by atoms with van der Waals surface area (Å²) in [4.78, 5) is 0. The molecule has 1 aromatic heterocycles. The van der Waals surface area contributed by atoms with Crippen molar-refractivity contribution in [3.8, 4) is 50.6 Å². The molecule has 0 saturated carbocycles. The highest BCUT2D eigenvalue weighted by Crippen LogP contribution is 2.47. The SMILES string of the molecule is c1cc(-c2cccc(-n3c4ccccc4c4ccc5ccccc5c43)c2)cc(-c2ccc3c(c2)-c2cccc4cccc(c24)O3)c1. The highest BCUT2D eigenvalue weighted by molar-refractivity contribution is 6.18. The second-order valence-corrected chi connectivity index (χ2v) is 12.1. The summed E-state index contributed by atoms with van der Waals surface area (Å²) >= 11 is 0. The fourth-order valence-electron chi connectivity index (χ4n) is 7.44. The molecule has 2 heteroatoms. The molecule has 46 heavy (non-hydrogen) atoms. The molecule has 0 unspecified atom stereocenters. The Morgan fingerprint density at radius 1 is 0.391 bits per heavy atom. The predicted octanol–water partition coefficient (Wildman–Crippen LogP) is 12.2. The molecule has 0 bridgehead atoms. The molecule has 0 saturated heterocycles. The maximum absolute atomic E-state index is 6.37. The highest BCUT2D eigenvalue weighted by Gasteiger charge is 2.20. The smallest absolute Gasteiger partial charge is 0.135 e. The van der Waals surface area contributed by atoms with Crippen molar-refractivity contribution in [2.24, 2.45) is 0 Å². The van der Waals surface area contributed by atoms with Gasteiger partial charge in [-0.3, -0.25) is 0 Å². The van der Waals surface area contributed by atoms with E-state index in [4.69, 9.17) is 4.74 Å². The molecule has 0 amide bonds. The van der Waals surface area contributed by atoms with Gasteiger partial charge < -0.3 is 9.30 Å². The molecule has 214 valence electrons. The molecule has 0 N–H and O–H groups in total. The van der Waals surface area contributed by atoms with Gasteiger partial charge in [-0.05, 0) is 81.1 Å². The first-order chi connectivity index (χ1) is 22.8. The first kappa shape index (κ1) is 25.2. The molecule has 2 heterocycles. The molecule has 1 aliphatic heterocycles. The fourth-order valence-corrected chi connectivity index (χ4v) is 7.44. The number of aromatic nitrogens is 1. The lowest BCUT2D eigenvalue weighted by atomic mass is 9.91. The average Bonchev–Trinajstić information content (AvgIpc) is 3.47. The van der Waals surface area contributed by atoms with E-state index in [1.54, 1.807) is 0 Å². The molecule has 2 nitrogen and oxygen atoms in total. The van der Waals surface area contributed by atoms with Crippen molar-refractivity contribution < 1.29 is 4.74 Å². The van der Waals surface area contributed by atoms with Gasteiger partial charge in [-0.25, -0.2) is 0 Å². The summed E-state index contributed by atoms with van der Waals surface area (Å²) in [5, 5.41) is 7.43. The van der Waals surface area contributed by atoms with Crippen LogP contribution in [0.25, 0.3) is 82.4 Å². The van der Waals surface area contributed by atoms with Crippen LogP contribution in [0.1, 0.15) is 0 Å². The zero-order valence-electron chi connectivity index (χ0n) is 24.9. The summed E-state index contributed by atoms with van der Waals surface area (Å²) in [6, 6.07) is 59.1. The van der Waals surface area contributed by atoms with Gasteiger partial charge in [0, 0.05) is 32.8 Å². The summed E-state index contributed by atoms with van der Waals surface area (Å²) in [6.07, 6.45) is 0. The van der Waals surface area contributed by atoms with Crippen molar-refractivity contribution in [1.29, 1.82) is 0 Å². The van der Waals surface area contributed by atoms with Crippen molar-refractivity contribution >= 4 is 43.4 Å². The van der Waals surface area contributed by atoms with Crippen LogP contribution in [0, 0.1) is 0 Å². The molecule has 0 atom stereocenters. The topological polar surface area (TPSA) is 14.2 Å². The van der Waals surface area contributed by atoms with Crippen LogP contribution in [0.3, 0.4) is 0 Å². The van der Waals surface area contributed by atoms with Gasteiger partial charge in [-0.15, -0.1) is 0 Å². The van der Waals surface area contributed by atoms with E-state index >= 15 is 0 Å². The van der Waals surface area contributed by atoms with Crippen molar-refractivity contribution in [3.63, 3.8) is 0 Å². The van der Waals surface area contributed by atoms with Gasteiger partial charge in [0.05, 0.1) is 11.0 Å². The van der Waals surface area contributed by atoms with E-state index in [1.807, 2.05) is 0 Å². The van der Waals surface area contributed by atoms with Gasteiger partial charge in [-0.1, -0.05) is 121 Å². The van der Waals surface area contributed by atoms with Crippen molar-refractivity contribution in [2.75, 3.05) is 0 Å². The van der Waals surface area contributed by atoms with Crippen LogP contribution < -0.4 is 4.74 Å². The van der Waals surface area contributed by atoms with Crippen LogP contribution in [-0.2, 0) is 0 Å². The van der Waals surface area contributed by atoms with E-state index in [2.05, 4.69) is 168 Å². The Balaban J connectivity index is 1.11. The van der Waals surface area contributed by atoms with Crippen LogP contribution in [-0.4, -0.2) is 4.57 Å². The third-order valence-electron chi connectivity index (χ3n) is 9.55. The summed E-state index contributed by atoms with van der Waals surface area (Å²) in [7, 11) is 0. The van der Waals surface area contributed by atoms with E-state index in [0.717, 1.165) is 22.7 Å². The second kappa shape index (κ2) is 9.69. The van der Waals surface area contributed by atoms with E-state index < -0.39 is 0 Å². The van der Waals surface area contributed by atoms with E-state index in [1.165, 1.54) is 71.2 Å². The number of ether oxygens (including phenoxy) is 1. The predicted molar refractivity (Wildman–Crippen MR) is 192 cm³/mol. The Labute approximate surface area is 266 Å². The average molecular weight is 586 g/mol. The van der Waals surface area contributed by atoms with Gasteiger partial charge in [0.15, 0.2) is 0 Å². The summed E-state index contributed by atoms with van der Waals surface area (Å²) < 4.78 is 8.80. The number of nitrogens with zero attached hydrogens (tertiary/aromatic N) is 1. The lowest BCUT2D eigenvalue weighted by molar-refractivity contribution is 0.487. The molecule has 0 fully saturated rings.